The number of nitrogens with one attached hydrogen (secondary N) is 3. The number of hydrogen-bond acceptors (Lipinski definition) is 3. The molecule has 0 bridgehead atoms. The number of amides is 1. The van der Waals surface area contributed by atoms with Crippen LogP contribution in [0.2, 0.25) is 0 Å². The number of aromatic nitrogens is 2. The minimum atomic E-state index is -0.0837. The van der Waals surface area contributed by atoms with E-state index in [1.807, 2.05) is 41.2 Å². The highest BCUT2D eigenvalue weighted by molar-refractivity contribution is 5.93. The maximum atomic E-state index is 11.6. The predicted molar refractivity (Wildman–Crippen MR) is 115 cm³/mol. The molecular formula is C22H26N6O. The molecule has 3 N–H and O–H groups in total. The molecule has 1 amide bonds. The molecule has 3 aromatic rings. The highest BCUT2D eigenvalue weighted by atomic mass is 16.1. The smallest absolute Gasteiger partial charge is 0.251 e. The number of rotatable bonds is 7. The Hall–Kier alpha value is -3.61. The third-order valence-corrected chi connectivity index (χ3v) is 4.54. The second-order valence-electron chi connectivity index (χ2n) is 6.50. The van der Waals surface area contributed by atoms with E-state index in [-0.39, 0.29) is 5.91 Å². The average Bonchev–Trinajstić information content (AvgIpc) is 3.31. The first-order valence-corrected chi connectivity index (χ1v) is 9.54. The molecule has 2 aromatic carbocycles. The Morgan fingerprint density at radius 2 is 1.76 bits per heavy atom. The molecule has 7 nitrogen and oxygen atoms in total. The van der Waals surface area contributed by atoms with Crippen LogP contribution >= 0.6 is 0 Å². The summed E-state index contributed by atoms with van der Waals surface area (Å²) in [7, 11) is 3.38. The molecule has 1 aromatic heterocycles. The molecule has 7 heteroatoms. The van der Waals surface area contributed by atoms with Crippen molar-refractivity contribution in [1.29, 1.82) is 0 Å². The predicted octanol–water partition coefficient (Wildman–Crippen LogP) is 2.14. The van der Waals surface area contributed by atoms with E-state index in [9.17, 15) is 4.79 Å². The lowest BCUT2D eigenvalue weighted by Gasteiger charge is -2.12. The zero-order chi connectivity index (χ0) is 20.5. The fourth-order valence-electron chi connectivity index (χ4n) is 2.89. The summed E-state index contributed by atoms with van der Waals surface area (Å²) in [6.45, 7) is 1.41. The van der Waals surface area contributed by atoms with Crippen LogP contribution in [-0.4, -0.2) is 42.3 Å². The molecule has 0 aliphatic heterocycles. The molecular weight excluding hydrogens is 364 g/mol. The number of guanidine groups is 1. The van der Waals surface area contributed by atoms with Crippen molar-refractivity contribution in [2.24, 2.45) is 4.99 Å². The van der Waals surface area contributed by atoms with E-state index < -0.39 is 0 Å². The van der Waals surface area contributed by atoms with Gasteiger partial charge in [0, 0.05) is 45.1 Å². The van der Waals surface area contributed by atoms with Crippen molar-refractivity contribution >= 4 is 11.9 Å². The van der Waals surface area contributed by atoms with Crippen molar-refractivity contribution in [2.45, 2.75) is 13.0 Å². The molecule has 0 atom stereocenters. The van der Waals surface area contributed by atoms with E-state index in [0.29, 0.717) is 12.1 Å². The SMILES string of the molecule is CN=C(NCCc1ccc(-n2cccn2)cc1)NCc1ccc(C(=O)NC)cc1. The molecule has 29 heavy (non-hydrogen) atoms. The summed E-state index contributed by atoms with van der Waals surface area (Å²) in [4.78, 5) is 15.9. The van der Waals surface area contributed by atoms with Crippen molar-refractivity contribution in [2.75, 3.05) is 20.6 Å². The lowest BCUT2D eigenvalue weighted by Crippen LogP contribution is -2.37. The molecule has 150 valence electrons. The van der Waals surface area contributed by atoms with Crippen molar-refractivity contribution < 1.29 is 4.79 Å². The van der Waals surface area contributed by atoms with E-state index in [1.165, 1.54) is 5.56 Å². The Balaban J connectivity index is 1.44. The van der Waals surface area contributed by atoms with Crippen LogP contribution in [-0.2, 0) is 13.0 Å². The minimum Gasteiger partial charge on any atom is -0.356 e. The van der Waals surface area contributed by atoms with E-state index >= 15 is 0 Å². The highest BCUT2D eigenvalue weighted by Gasteiger charge is 2.03. The maximum absolute atomic E-state index is 11.6. The summed E-state index contributed by atoms with van der Waals surface area (Å²) >= 11 is 0. The highest BCUT2D eigenvalue weighted by Crippen LogP contribution is 2.09. The number of aliphatic imine (C=N–C) groups is 1. The fourth-order valence-corrected chi connectivity index (χ4v) is 2.89. The third kappa shape index (κ3) is 5.68. The van der Waals surface area contributed by atoms with Crippen molar-refractivity contribution in [1.82, 2.24) is 25.7 Å². The van der Waals surface area contributed by atoms with Crippen molar-refractivity contribution in [3.05, 3.63) is 83.7 Å². The summed E-state index contributed by atoms with van der Waals surface area (Å²) in [6, 6.07) is 17.8. The Kier molecular flexibility index (Phi) is 7.00. The van der Waals surface area contributed by atoms with Gasteiger partial charge in [0.1, 0.15) is 0 Å². The third-order valence-electron chi connectivity index (χ3n) is 4.54. The Morgan fingerprint density at radius 1 is 1.03 bits per heavy atom. The topological polar surface area (TPSA) is 83.3 Å². The second-order valence-corrected chi connectivity index (χ2v) is 6.50. The van der Waals surface area contributed by atoms with Gasteiger partial charge in [-0.25, -0.2) is 4.68 Å². The van der Waals surface area contributed by atoms with Gasteiger partial charge in [-0.05, 0) is 47.9 Å². The van der Waals surface area contributed by atoms with Crippen LogP contribution in [0.25, 0.3) is 5.69 Å². The van der Waals surface area contributed by atoms with Gasteiger partial charge in [0.25, 0.3) is 5.91 Å². The zero-order valence-corrected chi connectivity index (χ0v) is 16.7. The number of nitrogens with zero attached hydrogens (tertiary/aromatic N) is 3. The number of benzene rings is 2. The number of carbonyl (C=O) groups excluding carboxylic acids is 1. The molecule has 0 aliphatic carbocycles. The normalized spacial score (nSPS) is 11.2. The van der Waals surface area contributed by atoms with Gasteiger partial charge >= 0.3 is 0 Å². The summed E-state index contributed by atoms with van der Waals surface area (Å²) in [6.07, 6.45) is 4.59. The van der Waals surface area contributed by atoms with Crippen LogP contribution in [0.3, 0.4) is 0 Å². The number of hydrogen-bond donors (Lipinski definition) is 3. The first-order valence-electron chi connectivity index (χ1n) is 9.54. The Morgan fingerprint density at radius 3 is 2.38 bits per heavy atom. The van der Waals surface area contributed by atoms with E-state index in [1.54, 1.807) is 20.3 Å². The molecule has 3 rings (SSSR count). The van der Waals surface area contributed by atoms with Crippen LogP contribution in [0.4, 0.5) is 0 Å². The van der Waals surface area contributed by atoms with Gasteiger partial charge in [-0.1, -0.05) is 24.3 Å². The number of carbonyl (C=O) groups is 1. The van der Waals surface area contributed by atoms with Crippen molar-refractivity contribution in [3.63, 3.8) is 0 Å². The quantitative estimate of drug-likeness (QED) is 0.426. The van der Waals surface area contributed by atoms with Gasteiger partial charge in [-0.2, -0.15) is 5.10 Å². The molecule has 0 unspecified atom stereocenters. The minimum absolute atomic E-state index is 0.0837. The van der Waals surface area contributed by atoms with E-state index in [0.717, 1.165) is 30.2 Å². The Labute approximate surface area is 170 Å². The van der Waals surface area contributed by atoms with Gasteiger partial charge < -0.3 is 16.0 Å². The van der Waals surface area contributed by atoms with Gasteiger partial charge in [0.15, 0.2) is 5.96 Å². The summed E-state index contributed by atoms with van der Waals surface area (Å²) in [5.41, 5.74) is 4.02. The lowest BCUT2D eigenvalue weighted by molar-refractivity contribution is 0.0963. The molecule has 0 saturated heterocycles. The monoisotopic (exact) mass is 390 g/mol. The van der Waals surface area contributed by atoms with Crippen LogP contribution < -0.4 is 16.0 Å². The van der Waals surface area contributed by atoms with Gasteiger partial charge in [-0.3, -0.25) is 9.79 Å². The van der Waals surface area contributed by atoms with Crippen LogP contribution in [0, 0.1) is 0 Å². The largest absolute Gasteiger partial charge is 0.356 e. The standard InChI is InChI=1S/C22H26N6O/c1-23-21(29)19-8-4-18(5-9-19)16-26-22(24-2)25-14-12-17-6-10-20(11-7-17)28-15-3-13-27-28/h3-11,13,15H,12,14,16H2,1-2H3,(H,23,29)(H2,24,25,26). The Bertz CT molecular complexity index is 930. The average molecular weight is 390 g/mol. The summed E-state index contributed by atoms with van der Waals surface area (Å²) < 4.78 is 1.84. The van der Waals surface area contributed by atoms with Gasteiger partial charge in [0.05, 0.1) is 5.69 Å². The summed E-state index contributed by atoms with van der Waals surface area (Å²) in [5, 5.41) is 13.5. The molecule has 0 aliphatic rings. The van der Waals surface area contributed by atoms with Crippen LogP contribution in [0.15, 0.2) is 72.0 Å². The fraction of sp³-hybridized carbons (Fsp3) is 0.227. The molecule has 0 saturated carbocycles. The van der Waals surface area contributed by atoms with E-state index in [2.05, 4.69) is 50.3 Å². The molecule has 0 fully saturated rings. The van der Waals surface area contributed by atoms with Gasteiger partial charge in [-0.15, -0.1) is 0 Å². The second kappa shape index (κ2) is 10.1. The van der Waals surface area contributed by atoms with Crippen LogP contribution in [0.1, 0.15) is 21.5 Å². The summed E-state index contributed by atoms with van der Waals surface area (Å²) in [5.74, 6) is 0.660. The van der Waals surface area contributed by atoms with Crippen LogP contribution in [0.5, 0.6) is 0 Å². The van der Waals surface area contributed by atoms with E-state index in [4.69, 9.17) is 0 Å². The maximum Gasteiger partial charge on any atom is 0.251 e. The molecule has 0 radical (unpaired) electrons. The lowest BCUT2D eigenvalue weighted by atomic mass is 10.1. The van der Waals surface area contributed by atoms with Gasteiger partial charge in [0.2, 0.25) is 0 Å². The molecule has 1 heterocycles. The van der Waals surface area contributed by atoms with Crippen molar-refractivity contribution in [3.8, 4) is 5.69 Å². The first-order chi connectivity index (χ1) is 14.2. The molecule has 0 spiro atoms. The zero-order valence-electron chi connectivity index (χ0n) is 16.7. The first kappa shape index (κ1) is 20.1.